The quantitative estimate of drug-likeness (QED) is 0.798. The van der Waals surface area contributed by atoms with E-state index in [4.69, 9.17) is 26.6 Å². The molecule has 6 nitrogen and oxygen atoms in total. The van der Waals surface area contributed by atoms with Gasteiger partial charge < -0.3 is 19.9 Å². The molecule has 2 heterocycles. The number of benzene rings is 1. The largest absolute Gasteiger partial charge is 0.378 e. The van der Waals surface area contributed by atoms with E-state index >= 15 is 0 Å². The molecule has 2 aromatic rings. The minimum absolute atomic E-state index is 0.138. The second-order valence-corrected chi connectivity index (χ2v) is 6.53. The lowest BCUT2D eigenvalue weighted by molar-refractivity contribution is 0.00744. The molecule has 0 spiro atoms. The summed E-state index contributed by atoms with van der Waals surface area (Å²) in [7, 11) is 0. The first-order valence-electron chi connectivity index (χ1n) is 8.51. The van der Waals surface area contributed by atoms with Crippen LogP contribution in [0.5, 0.6) is 0 Å². The van der Waals surface area contributed by atoms with Crippen LogP contribution in [0.15, 0.2) is 34.9 Å². The first-order valence-corrected chi connectivity index (χ1v) is 8.89. The monoisotopic (exact) mass is 363 g/mol. The number of nitrogens with zero attached hydrogens (tertiary/aromatic N) is 2. The van der Waals surface area contributed by atoms with Gasteiger partial charge in [0, 0.05) is 36.3 Å². The summed E-state index contributed by atoms with van der Waals surface area (Å²) in [5, 5.41) is 4.61. The van der Waals surface area contributed by atoms with Crippen LogP contribution in [0.25, 0.3) is 11.3 Å². The molecular weight excluding hydrogens is 342 g/mol. The fraction of sp³-hybridized carbons (Fsp3) is 0.444. The Morgan fingerprint density at radius 2 is 2.16 bits per heavy atom. The van der Waals surface area contributed by atoms with Gasteiger partial charge in [0.1, 0.15) is 5.69 Å². The van der Waals surface area contributed by atoms with Crippen LogP contribution in [0.4, 0.5) is 0 Å². The molecule has 134 valence electrons. The zero-order valence-electron chi connectivity index (χ0n) is 14.0. The highest BCUT2D eigenvalue weighted by Gasteiger charge is 2.26. The average Bonchev–Trinajstić information content (AvgIpc) is 3.12. The van der Waals surface area contributed by atoms with Gasteiger partial charge >= 0.3 is 0 Å². The molecule has 1 aliphatic rings. The lowest BCUT2D eigenvalue weighted by Crippen LogP contribution is -2.40. The molecule has 0 unspecified atom stereocenters. The zero-order chi connectivity index (χ0) is 17.6. The van der Waals surface area contributed by atoms with Crippen LogP contribution in [0.3, 0.4) is 0 Å². The van der Waals surface area contributed by atoms with Crippen molar-refractivity contribution in [3.63, 3.8) is 0 Å². The molecule has 1 amide bonds. The number of carbonyl (C=O) groups excluding carboxylic acids is 1. The summed E-state index contributed by atoms with van der Waals surface area (Å²) in [6.45, 7) is 2.62. The van der Waals surface area contributed by atoms with Crippen molar-refractivity contribution in [2.75, 3.05) is 26.2 Å². The summed E-state index contributed by atoms with van der Waals surface area (Å²) in [6.07, 6.45) is 2.72. The lowest BCUT2D eigenvalue weighted by Gasteiger charge is -2.31. The third-order valence-corrected chi connectivity index (χ3v) is 4.51. The van der Waals surface area contributed by atoms with Crippen molar-refractivity contribution in [2.45, 2.75) is 25.4 Å². The first-order chi connectivity index (χ1) is 12.2. The van der Waals surface area contributed by atoms with Gasteiger partial charge in [0.15, 0.2) is 0 Å². The van der Waals surface area contributed by atoms with Crippen LogP contribution >= 0.6 is 11.6 Å². The number of piperidine rings is 1. The Kier molecular flexibility index (Phi) is 6.07. The predicted octanol–water partition coefficient (Wildman–Crippen LogP) is 2.97. The fourth-order valence-corrected chi connectivity index (χ4v) is 3.06. The van der Waals surface area contributed by atoms with Crippen molar-refractivity contribution >= 4 is 17.5 Å². The molecule has 7 heteroatoms. The van der Waals surface area contributed by atoms with Crippen molar-refractivity contribution in [3.8, 4) is 11.3 Å². The molecule has 1 aromatic heterocycles. The Bertz CT molecular complexity index is 711. The van der Waals surface area contributed by atoms with E-state index in [0.717, 1.165) is 24.8 Å². The van der Waals surface area contributed by atoms with Gasteiger partial charge in [-0.05, 0) is 37.9 Å². The molecule has 1 fully saturated rings. The second-order valence-electron chi connectivity index (χ2n) is 6.09. The molecule has 1 saturated heterocycles. The number of hydrogen-bond acceptors (Lipinski definition) is 5. The van der Waals surface area contributed by atoms with Crippen LogP contribution < -0.4 is 5.73 Å². The Hall–Kier alpha value is -1.89. The number of halogens is 1. The van der Waals surface area contributed by atoms with Gasteiger partial charge in [0.2, 0.25) is 5.76 Å². The van der Waals surface area contributed by atoms with Crippen molar-refractivity contribution in [1.82, 2.24) is 10.1 Å². The number of ether oxygens (including phenoxy) is 1. The van der Waals surface area contributed by atoms with E-state index in [1.807, 2.05) is 12.1 Å². The van der Waals surface area contributed by atoms with E-state index in [-0.39, 0.29) is 17.8 Å². The number of aromatic nitrogens is 1. The molecule has 0 bridgehead atoms. The van der Waals surface area contributed by atoms with E-state index in [1.165, 1.54) is 0 Å². The molecule has 2 N–H and O–H groups in total. The lowest BCUT2D eigenvalue weighted by atomic mass is 10.1. The maximum Gasteiger partial charge on any atom is 0.292 e. The number of carbonyl (C=O) groups is 1. The van der Waals surface area contributed by atoms with Crippen molar-refractivity contribution in [2.24, 2.45) is 5.73 Å². The Balaban J connectivity index is 1.57. The van der Waals surface area contributed by atoms with Crippen LogP contribution in [0.2, 0.25) is 5.02 Å². The minimum atomic E-state index is -0.138. The molecule has 0 radical (unpaired) electrons. The van der Waals surface area contributed by atoms with Crippen LogP contribution in [-0.2, 0) is 4.74 Å². The molecule has 25 heavy (non-hydrogen) atoms. The molecule has 0 atom stereocenters. The van der Waals surface area contributed by atoms with Gasteiger partial charge in [-0.15, -0.1) is 0 Å². The molecule has 0 saturated carbocycles. The summed E-state index contributed by atoms with van der Waals surface area (Å²) in [4.78, 5) is 14.4. The van der Waals surface area contributed by atoms with Gasteiger partial charge in [0.05, 0.1) is 6.10 Å². The predicted molar refractivity (Wildman–Crippen MR) is 95.5 cm³/mol. The third-order valence-electron chi connectivity index (χ3n) is 4.27. The standard InChI is InChI=1S/C18H22ClN3O3/c19-14-4-1-3-13(11-14)16-12-17(25-21-16)18(23)22-8-5-15(6-9-22)24-10-2-7-20/h1,3-4,11-12,15H,2,5-10,20H2. The Labute approximate surface area is 151 Å². The molecular formula is C18H22ClN3O3. The van der Waals surface area contributed by atoms with Crippen molar-refractivity contribution < 1.29 is 14.1 Å². The van der Waals surface area contributed by atoms with Gasteiger partial charge in [-0.1, -0.05) is 28.9 Å². The van der Waals surface area contributed by atoms with Crippen LogP contribution in [0.1, 0.15) is 29.8 Å². The normalized spacial score (nSPS) is 15.5. The van der Waals surface area contributed by atoms with Gasteiger partial charge in [-0.25, -0.2) is 0 Å². The minimum Gasteiger partial charge on any atom is -0.378 e. The smallest absolute Gasteiger partial charge is 0.292 e. The summed E-state index contributed by atoms with van der Waals surface area (Å²) < 4.78 is 11.0. The third kappa shape index (κ3) is 4.60. The topological polar surface area (TPSA) is 81.6 Å². The van der Waals surface area contributed by atoms with Gasteiger partial charge in [0.25, 0.3) is 5.91 Å². The highest BCUT2D eigenvalue weighted by atomic mass is 35.5. The first kappa shape index (κ1) is 17.9. The molecule has 1 aromatic carbocycles. The maximum atomic E-state index is 12.6. The molecule has 3 rings (SSSR count). The average molecular weight is 364 g/mol. The van der Waals surface area contributed by atoms with E-state index in [9.17, 15) is 4.79 Å². The highest BCUT2D eigenvalue weighted by Crippen LogP contribution is 2.24. The summed E-state index contributed by atoms with van der Waals surface area (Å²) in [6, 6.07) is 8.96. The Morgan fingerprint density at radius 3 is 2.88 bits per heavy atom. The number of amides is 1. The Morgan fingerprint density at radius 1 is 1.36 bits per heavy atom. The number of nitrogens with two attached hydrogens (primary N) is 1. The second kappa shape index (κ2) is 8.47. The maximum absolute atomic E-state index is 12.6. The molecule has 1 aliphatic heterocycles. The molecule has 0 aliphatic carbocycles. The highest BCUT2D eigenvalue weighted by molar-refractivity contribution is 6.30. The summed E-state index contributed by atoms with van der Waals surface area (Å²) in [5.74, 6) is 0.110. The van der Waals surface area contributed by atoms with Crippen molar-refractivity contribution in [3.05, 3.63) is 41.1 Å². The number of likely N-dealkylation sites (tertiary alicyclic amines) is 1. The van der Waals surface area contributed by atoms with Crippen LogP contribution in [-0.4, -0.2) is 48.3 Å². The van der Waals surface area contributed by atoms with Crippen molar-refractivity contribution in [1.29, 1.82) is 0 Å². The summed E-state index contributed by atoms with van der Waals surface area (Å²) in [5.41, 5.74) is 6.89. The van der Waals surface area contributed by atoms with E-state index < -0.39 is 0 Å². The van der Waals surface area contributed by atoms with Gasteiger partial charge in [-0.3, -0.25) is 4.79 Å². The SMILES string of the molecule is NCCCOC1CCN(C(=O)c2cc(-c3cccc(Cl)c3)no2)CC1. The fourth-order valence-electron chi connectivity index (χ4n) is 2.87. The van der Waals surface area contributed by atoms with E-state index in [1.54, 1.807) is 23.1 Å². The van der Waals surface area contributed by atoms with Gasteiger partial charge in [-0.2, -0.15) is 0 Å². The summed E-state index contributed by atoms with van der Waals surface area (Å²) >= 11 is 5.99. The number of hydrogen-bond donors (Lipinski definition) is 1. The zero-order valence-corrected chi connectivity index (χ0v) is 14.7. The number of rotatable bonds is 6. The van der Waals surface area contributed by atoms with E-state index in [2.05, 4.69) is 5.16 Å². The van der Waals surface area contributed by atoms with Crippen LogP contribution in [0, 0.1) is 0 Å². The van der Waals surface area contributed by atoms with E-state index in [0.29, 0.717) is 37.0 Å².